The Morgan fingerprint density at radius 2 is 1.10 bits per heavy atom. The number of nitrogens with one attached hydrogen (secondary N) is 1. The van der Waals surface area contributed by atoms with Gasteiger partial charge in [-0.25, -0.2) is 0 Å². The van der Waals surface area contributed by atoms with E-state index in [-0.39, 0.29) is 19.1 Å². The first-order valence-corrected chi connectivity index (χ1v) is 16.4. The first-order valence-electron chi connectivity index (χ1n) is 13.6. The smallest absolute Gasteiger partial charge is 0.264 e. The standard InChI is InChI=1S/C31H39NO7S2/c1-41(34,35)39-25-24-38-23-22-37-21-20-36-19-18-32-30(33)17-26-40-31(27-11-5-2-6-12-27,28-13-7-3-8-14-28)29-15-9-4-10-16-29/h2-16H,17-26H2,1H3,(H,32,33). The van der Waals surface area contributed by atoms with E-state index in [9.17, 15) is 13.2 Å². The monoisotopic (exact) mass is 601 g/mol. The highest BCUT2D eigenvalue weighted by atomic mass is 32.2. The number of rotatable bonds is 20. The van der Waals surface area contributed by atoms with Gasteiger partial charge in [0.2, 0.25) is 5.91 Å². The summed E-state index contributed by atoms with van der Waals surface area (Å²) < 4.78 is 42.0. The normalized spacial score (nSPS) is 11.8. The predicted octanol–water partition coefficient (Wildman–Crippen LogP) is 4.24. The van der Waals surface area contributed by atoms with Crippen LogP contribution >= 0.6 is 11.8 Å². The third kappa shape index (κ3) is 11.6. The molecule has 0 radical (unpaired) electrons. The minimum atomic E-state index is -3.44. The maximum Gasteiger partial charge on any atom is 0.264 e. The molecule has 8 nitrogen and oxygen atoms in total. The fourth-order valence-electron chi connectivity index (χ4n) is 4.20. The third-order valence-corrected chi connectivity index (χ3v) is 8.17. The Balaban J connectivity index is 1.38. The van der Waals surface area contributed by atoms with Gasteiger partial charge < -0.3 is 19.5 Å². The Labute approximate surface area is 247 Å². The molecule has 3 aromatic carbocycles. The summed E-state index contributed by atoms with van der Waals surface area (Å²) >= 11 is 1.77. The van der Waals surface area contributed by atoms with Crippen molar-refractivity contribution < 1.29 is 31.6 Å². The predicted molar refractivity (Wildman–Crippen MR) is 163 cm³/mol. The molecule has 0 spiro atoms. The third-order valence-electron chi connectivity index (χ3n) is 6.03. The molecule has 3 rings (SSSR count). The van der Waals surface area contributed by atoms with E-state index in [0.29, 0.717) is 51.8 Å². The Bertz CT molecular complexity index is 1150. The van der Waals surface area contributed by atoms with Gasteiger partial charge in [-0.05, 0) is 16.7 Å². The fraction of sp³-hybridized carbons (Fsp3) is 0.387. The molecule has 0 aromatic heterocycles. The summed E-state index contributed by atoms with van der Waals surface area (Å²) in [5.74, 6) is 0.624. The average molecular weight is 602 g/mol. The summed E-state index contributed by atoms with van der Waals surface area (Å²) in [4.78, 5) is 12.6. The van der Waals surface area contributed by atoms with E-state index in [1.54, 1.807) is 11.8 Å². The molecular formula is C31H39NO7S2. The number of hydrogen-bond donors (Lipinski definition) is 1. The van der Waals surface area contributed by atoms with Gasteiger partial charge in [0.05, 0.1) is 57.3 Å². The maximum absolute atomic E-state index is 12.6. The summed E-state index contributed by atoms with van der Waals surface area (Å²) in [6.45, 7) is 2.48. The molecule has 0 atom stereocenters. The first kappa shape index (κ1) is 32.8. The lowest BCUT2D eigenvalue weighted by atomic mass is 9.84. The number of carbonyl (C=O) groups is 1. The van der Waals surface area contributed by atoms with Gasteiger partial charge in [0.25, 0.3) is 10.1 Å². The van der Waals surface area contributed by atoms with Crippen molar-refractivity contribution in [2.24, 2.45) is 0 Å². The molecule has 0 aliphatic carbocycles. The van der Waals surface area contributed by atoms with E-state index in [1.165, 1.54) is 16.7 Å². The molecule has 0 fully saturated rings. The zero-order chi connectivity index (χ0) is 29.2. The van der Waals surface area contributed by atoms with Crippen molar-refractivity contribution in [1.82, 2.24) is 5.32 Å². The van der Waals surface area contributed by atoms with Crippen molar-refractivity contribution in [3.05, 3.63) is 108 Å². The lowest BCUT2D eigenvalue weighted by molar-refractivity contribution is -0.120. The highest BCUT2D eigenvalue weighted by Crippen LogP contribution is 2.48. The van der Waals surface area contributed by atoms with Crippen LogP contribution in [0.2, 0.25) is 0 Å². The molecule has 0 aliphatic rings. The number of carbonyl (C=O) groups excluding carboxylic acids is 1. The molecule has 0 saturated heterocycles. The molecule has 222 valence electrons. The van der Waals surface area contributed by atoms with Crippen molar-refractivity contribution in [3.8, 4) is 0 Å². The molecule has 0 unspecified atom stereocenters. The summed E-state index contributed by atoms with van der Waals surface area (Å²) in [5.41, 5.74) is 3.52. The van der Waals surface area contributed by atoms with Gasteiger partial charge in [0, 0.05) is 18.7 Å². The van der Waals surface area contributed by atoms with Crippen LogP contribution in [-0.2, 0) is 38.1 Å². The second kappa shape index (κ2) is 17.9. The quantitative estimate of drug-likeness (QED) is 0.117. The zero-order valence-corrected chi connectivity index (χ0v) is 25.0. The van der Waals surface area contributed by atoms with Crippen LogP contribution in [0.15, 0.2) is 91.0 Å². The average Bonchev–Trinajstić information content (AvgIpc) is 2.98. The van der Waals surface area contributed by atoms with Crippen molar-refractivity contribution in [2.75, 3.05) is 64.8 Å². The van der Waals surface area contributed by atoms with Gasteiger partial charge >= 0.3 is 0 Å². The van der Waals surface area contributed by atoms with Crippen molar-refractivity contribution in [2.45, 2.75) is 11.2 Å². The minimum Gasteiger partial charge on any atom is -0.377 e. The topological polar surface area (TPSA) is 100 Å². The molecule has 1 N–H and O–H groups in total. The highest BCUT2D eigenvalue weighted by molar-refractivity contribution is 8.00. The Morgan fingerprint density at radius 1 is 0.683 bits per heavy atom. The Kier molecular flexibility index (Phi) is 14.3. The van der Waals surface area contributed by atoms with E-state index in [4.69, 9.17) is 14.2 Å². The molecule has 3 aromatic rings. The molecule has 0 heterocycles. The lowest BCUT2D eigenvalue weighted by Gasteiger charge is -2.35. The molecule has 0 aliphatic heterocycles. The van der Waals surface area contributed by atoms with Gasteiger partial charge in [-0.3, -0.25) is 8.98 Å². The van der Waals surface area contributed by atoms with Gasteiger partial charge in [0.1, 0.15) is 0 Å². The van der Waals surface area contributed by atoms with Crippen LogP contribution in [0.25, 0.3) is 0 Å². The number of amides is 1. The van der Waals surface area contributed by atoms with Crippen molar-refractivity contribution in [1.29, 1.82) is 0 Å². The SMILES string of the molecule is CS(=O)(=O)OCCOCCOCCOCCNC(=O)CCSC(c1ccccc1)(c1ccccc1)c1ccccc1. The number of thioether (sulfide) groups is 1. The van der Waals surface area contributed by atoms with E-state index in [0.717, 1.165) is 6.26 Å². The number of ether oxygens (including phenoxy) is 3. The van der Waals surface area contributed by atoms with E-state index < -0.39 is 14.9 Å². The Morgan fingerprint density at radius 3 is 1.54 bits per heavy atom. The van der Waals surface area contributed by atoms with E-state index >= 15 is 0 Å². The zero-order valence-electron chi connectivity index (χ0n) is 23.4. The minimum absolute atomic E-state index is 0.0136. The highest BCUT2D eigenvalue weighted by Gasteiger charge is 2.36. The van der Waals surface area contributed by atoms with Crippen LogP contribution in [0.3, 0.4) is 0 Å². The van der Waals surface area contributed by atoms with Gasteiger partial charge in [-0.2, -0.15) is 8.42 Å². The van der Waals surface area contributed by atoms with Crippen LogP contribution in [0.1, 0.15) is 23.1 Å². The molecule has 0 bridgehead atoms. The molecule has 0 saturated carbocycles. The molecule has 10 heteroatoms. The second-order valence-corrected chi connectivity index (χ2v) is 12.0. The lowest BCUT2D eigenvalue weighted by Crippen LogP contribution is -2.30. The van der Waals surface area contributed by atoms with Gasteiger partial charge in [0.15, 0.2) is 0 Å². The summed E-state index contributed by atoms with van der Waals surface area (Å²) in [6, 6.07) is 31.3. The summed E-state index contributed by atoms with van der Waals surface area (Å²) in [7, 11) is -3.44. The van der Waals surface area contributed by atoms with Crippen molar-refractivity contribution >= 4 is 27.8 Å². The number of benzene rings is 3. The molecule has 41 heavy (non-hydrogen) atoms. The van der Waals surface area contributed by atoms with Crippen LogP contribution < -0.4 is 5.32 Å². The summed E-state index contributed by atoms with van der Waals surface area (Å²) in [6.07, 6.45) is 1.38. The van der Waals surface area contributed by atoms with Crippen LogP contribution in [0.4, 0.5) is 0 Å². The largest absolute Gasteiger partial charge is 0.377 e. The maximum atomic E-state index is 12.6. The molecular weight excluding hydrogens is 562 g/mol. The van der Waals surface area contributed by atoms with Crippen LogP contribution in [0.5, 0.6) is 0 Å². The first-order chi connectivity index (χ1) is 19.9. The van der Waals surface area contributed by atoms with Crippen LogP contribution in [-0.4, -0.2) is 79.1 Å². The van der Waals surface area contributed by atoms with Gasteiger partial charge in [-0.15, -0.1) is 11.8 Å². The van der Waals surface area contributed by atoms with Gasteiger partial charge in [-0.1, -0.05) is 91.0 Å². The summed E-state index contributed by atoms with van der Waals surface area (Å²) in [5, 5.41) is 2.94. The second-order valence-electron chi connectivity index (χ2n) is 9.09. The van der Waals surface area contributed by atoms with Crippen LogP contribution in [0, 0.1) is 0 Å². The number of hydrogen-bond acceptors (Lipinski definition) is 8. The fourth-order valence-corrected chi connectivity index (χ4v) is 6.08. The molecule has 1 amide bonds. The van der Waals surface area contributed by atoms with E-state index in [1.807, 2.05) is 18.2 Å². The van der Waals surface area contributed by atoms with E-state index in [2.05, 4.69) is 82.3 Å². The van der Waals surface area contributed by atoms with Crippen molar-refractivity contribution in [3.63, 3.8) is 0 Å². The Hall–Kier alpha value is -2.73.